The molecule has 0 aliphatic carbocycles. The van der Waals surface area contributed by atoms with Crippen molar-refractivity contribution in [1.29, 1.82) is 0 Å². The molecule has 1 aliphatic rings. The van der Waals surface area contributed by atoms with Gasteiger partial charge in [0.1, 0.15) is 0 Å². The van der Waals surface area contributed by atoms with Crippen molar-refractivity contribution in [1.82, 2.24) is 4.90 Å². The second-order valence-electron chi connectivity index (χ2n) is 4.78. The first kappa shape index (κ1) is 14.3. The molecule has 20 heavy (non-hydrogen) atoms. The van der Waals surface area contributed by atoms with Crippen molar-refractivity contribution in [2.24, 2.45) is 0 Å². The van der Waals surface area contributed by atoms with Gasteiger partial charge in [-0.1, -0.05) is 0 Å². The molecule has 108 valence electrons. The molecular weight excluding hydrogens is 262 g/mol. The van der Waals surface area contributed by atoms with Gasteiger partial charge < -0.3 is 15.4 Å². The third-order valence-electron chi connectivity index (χ3n) is 3.43. The number of nitrogens with zero attached hydrogens (tertiary/aromatic N) is 2. The molecule has 0 radical (unpaired) electrons. The number of benzene rings is 1. The minimum absolute atomic E-state index is 0.0173. The van der Waals surface area contributed by atoms with Crippen LogP contribution in [0.3, 0.4) is 0 Å². The van der Waals surface area contributed by atoms with Crippen LogP contribution >= 0.6 is 0 Å². The van der Waals surface area contributed by atoms with Crippen molar-refractivity contribution in [3.8, 4) is 0 Å². The Bertz CT molecular complexity index is 532. The topological polar surface area (TPSA) is 98.7 Å². The molecule has 1 amide bonds. The van der Waals surface area contributed by atoms with Gasteiger partial charge in [0.15, 0.2) is 0 Å². The Kier molecular flexibility index (Phi) is 4.19. The SMILES string of the molecule is CC1CCOCCN1C(=O)c1cc([N+](=O)[O-])ccc1N. The zero-order chi connectivity index (χ0) is 14.7. The van der Waals surface area contributed by atoms with E-state index in [0.29, 0.717) is 19.8 Å². The molecule has 7 heteroatoms. The summed E-state index contributed by atoms with van der Waals surface area (Å²) in [6, 6.07) is 3.94. The van der Waals surface area contributed by atoms with Crippen LogP contribution in [-0.4, -0.2) is 41.5 Å². The molecule has 1 fully saturated rings. The lowest BCUT2D eigenvalue weighted by Crippen LogP contribution is -2.39. The van der Waals surface area contributed by atoms with Crippen molar-refractivity contribution in [2.45, 2.75) is 19.4 Å². The van der Waals surface area contributed by atoms with E-state index in [0.717, 1.165) is 6.42 Å². The van der Waals surface area contributed by atoms with E-state index in [1.54, 1.807) is 4.90 Å². The molecule has 1 unspecified atom stereocenters. The molecule has 1 saturated heterocycles. The zero-order valence-electron chi connectivity index (χ0n) is 11.2. The molecule has 0 saturated carbocycles. The fourth-order valence-electron chi connectivity index (χ4n) is 2.19. The molecule has 1 aromatic carbocycles. The lowest BCUT2D eigenvalue weighted by atomic mass is 10.1. The number of hydrogen-bond acceptors (Lipinski definition) is 5. The molecule has 7 nitrogen and oxygen atoms in total. The van der Waals surface area contributed by atoms with E-state index < -0.39 is 4.92 Å². The summed E-state index contributed by atoms with van der Waals surface area (Å²) in [7, 11) is 0. The van der Waals surface area contributed by atoms with E-state index in [1.165, 1.54) is 18.2 Å². The Balaban J connectivity index is 2.31. The number of nitrogen functional groups attached to an aromatic ring is 1. The van der Waals surface area contributed by atoms with E-state index in [-0.39, 0.29) is 28.9 Å². The van der Waals surface area contributed by atoms with Gasteiger partial charge in [0.25, 0.3) is 11.6 Å². The van der Waals surface area contributed by atoms with Crippen molar-refractivity contribution >= 4 is 17.3 Å². The van der Waals surface area contributed by atoms with Crippen LogP contribution in [0, 0.1) is 10.1 Å². The summed E-state index contributed by atoms with van der Waals surface area (Å²) < 4.78 is 5.34. The number of anilines is 1. The highest BCUT2D eigenvalue weighted by Crippen LogP contribution is 2.23. The summed E-state index contributed by atoms with van der Waals surface area (Å²) in [6.45, 7) is 3.46. The van der Waals surface area contributed by atoms with Gasteiger partial charge >= 0.3 is 0 Å². The van der Waals surface area contributed by atoms with Crippen molar-refractivity contribution in [3.63, 3.8) is 0 Å². The third-order valence-corrected chi connectivity index (χ3v) is 3.43. The van der Waals surface area contributed by atoms with Crippen LogP contribution in [0.25, 0.3) is 0 Å². The van der Waals surface area contributed by atoms with Gasteiger partial charge in [0, 0.05) is 37.0 Å². The maximum absolute atomic E-state index is 12.5. The second kappa shape index (κ2) is 5.87. The molecule has 0 aromatic heterocycles. The number of rotatable bonds is 2. The number of non-ortho nitro benzene ring substituents is 1. The predicted molar refractivity (Wildman–Crippen MR) is 73.4 cm³/mol. The van der Waals surface area contributed by atoms with E-state index in [2.05, 4.69) is 0 Å². The fourth-order valence-corrected chi connectivity index (χ4v) is 2.19. The molecular formula is C13H17N3O4. The highest BCUT2D eigenvalue weighted by Gasteiger charge is 2.26. The Morgan fingerprint density at radius 1 is 1.50 bits per heavy atom. The van der Waals surface area contributed by atoms with Crippen LogP contribution in [0.2, 0.25) is 0 Å². The fraction of sp³-hybridized carbons (Fsp3) is 0.462. The highest BCUT2D eigenvalue weighted by molar-refractivity contribution is 6.00. The number of amides is 1. The summed E-state index contributed by atoms with van der Waals surface area (Å²) in [6.07, 6.45) is 0.737. The molecule has 0 spiro atoms. The Morgan fingerprint density at radius 2 is 2.25 bits per heavy atom. The summed E-state index contributed by atoms with van der Waals surface area (Å²) in [5, 5.41) is 10.8. The van der Waals surface area contributed by atoms with Crippen LogP contribution < -0.4 is 5.73 Å². The molecule has 0 bridgehead atoms. The Hall–Kier alpha value is -2.15. The summed E-state index contributed by atoms with van der Waals surface area (Å²) in [5.41, 5.74) is 6.06. The average molecular weight is 279 g/mol. The van der Waals surface area contributed by atoms with Gasteiger partial charge in [-0.2, -0.15) is 0 Å². The van der Waals surface area contributed by atoms with Gasteiger partial charge in [-0.15, -0.1) is 0 Å². The normalized spacial score (nSPS) is 19.4. The van der Waals surface area contributed by atoms with E-state index in [4.69, 9.17) is 10.5 Å². The van der Waals surface area contributed by atoms with Crippen molar-refractivity contribution in [3.05, 3.63) is 33.9 Å². The van der Waals surface area contributed by atoms with Crippen molar-refractivity contribution < 1.29 is 14.5 Å². The third kappa shape index (κ3) is 2.88. The number of carbonyl (C=O) groups excluding carboxylic acids is 1. The quantitative estimate of drug-likeness (QED) is 0.501. The Labute approximate surface area is 116 Å². The van der Waals surface area contributed by atoms with Crippen molar-refractivity contribution in [2.75, 3.05) is 25.5 Å². The average Bonchev–Trinajstić information content (AvgIpc) is 2.63. The number of carbonyl (C=O) groups is 1. The highest BCUT2D eigenvalue weighted by atomic mass is 16.6. The predicted octanol–water partition coefficient (Wildman–Crippen LogP) is 1.43. The van der Waals surface area contributed by atoms with Crippen LogP contribution in [0.4, 0.5) is 11.4 Å². The molecule has 1 atom stereocenters. The first-order valence-electron chi connectivity index (χ1n) is 6.43. The van der Waals surface area contributed by atoms with E-state index >= 15 is 0 Å². The molecule has 2 N–H and O–H groups in total. The Morgan fingerprint density at radius 3 is 2.95 bits per heavy atom. The number of hydrogen-bond donors (Lipinski definition) is 1. The summed E-state index contributed by atoms with van der Waals surface area (Å²) >= 11 is 0. The lowest BCUT2D eigenvalue weighted by Gasteiger charge is -2.26. The first-order valence-corrected chi connectivity index (χ1v) is 6.43. The first-order chi connectivity index (χ1) is 9.50. The monoisotopic (exact) mass is 279 g/mol. The van der Waals surface area contributed by atoms with E-state index in [1.807, 2.05) is 6.92 Å². The second-order valence-corrected chi connectivity index (χ2v) is 4.78. The van der Waals surface area contributed by atoms with E-state index in [9.17, 15) is 14.9 Å². The maximum Gasteiger partial charge on any atom is 0.270 e. The van der Waals surface area contributed by atoms with Crippen LogP contribution in [-0.2, 0) is 4.74 Å². The summed E-state index contributed by atoms with van der Waals surface area (Å²) in [4.78, 5) is 24.4. The number of ether oxygens (including phenoxy) is 1. The summed E-state index contributed by atoms with van der Waals surface area (Å²) in [5.74, 6) is -0.288. The number of nitrogens with two attached hydrogens (primary N) is 1. The van der Waals surface area contributed by atoms with Gasteiger partial charge in [0.05, 0.1) is 17.1 Å². The van der Waals surface area contributed by atoms with Gasteiger partial charge in [0.2, 0.25) is 0 Å². The standard InChI is InChI=1S/C13H17N3O4/c1-9-4-6-20-7-5-15(9)13(17)11-8-10(16(18)19)2-3-12(11)14/h2-3,8-9H,4-7,14H2,1H3. The van der Waals surface area contributed by atoms with Crippen LogP contribution in [0.15, 0.2) is 18.2 Å². The van der Waals surface area contributed by atoms with Crippen LogP contribution in [0.5, 0.6) is 0 Å². The number of nitro groups is 1. The molecule has 1 heterocycles. The smallest absolute Gasteiger partial charge is 0.270 e. The zero-order valence-corrected chi connectivity index (χ0v) is 11.2. The maximum atomic E-state index is 12.5. The molecule has 2 rings (SSSR count). The lowest BCUT2D eigenvalue weighted by molar-refractivity contribution is -0.384. The molecule has 1 aliphatic heterocycles. The number of nitro benzene ring substituents is 1. The van der Waals surface area contributed by atoms with Gasteiger partial charge in [-0.3, -0.25) is 14.9 Å². The largest absolute Gasteiger partial charge is 0.398 e. The van der Waals surface area contributed by atoms with Crippen LogP contribution in [0.1, 0.15) is 23.7 Å². The van der Waals surface area contributed by atoms with Gasteiger partial charge in [-0.25, -0.2) is 0 Å². The molecule has 1 aromatic rings. The minimum Gasteiger partial charge on any atom is -0.398 e. The minimum atomic E-state index is -0.537. The van der Waals surface area contributed by atoms with Gasteiger partial charge in [-0.05, 0) is 19.4 Å².